The molecule has 0 amide bonds. The van der Waals surface area contributed by atoms with E-state index >= 15 is 0 Å². The average molecular weight is 484 g/mol. The van der Waals surface area contributed by atoms with Crippen LogP contribution >= 0.6 is 18.6 Å². The van der Waals surface area contributed by atoms with Crippen molar-refractivity contribution in [3.05, 3.63) is 58.8 Å². The van der Waals surface area contributed by atoms with Gasteiger partial charge in [0.25, 0.3) is 0 Å². The van der Waals surface area contributed by atoms with Gasteiger partial charge >= 0.3 is 35.6 Å². The van der Waals surface area contributed by atoms with Gasteiger partial charge in [-0.15, -0.1) is 29.5 Å². The first-order valence-electron chi connectivity index (χ1n) is 11.0. The van der Waals surface area contributed by atoms with Crippen LogP contribution in [-0.2, 0) is 17.0 Å². The summed E-state index contributed by atoms with van der Waals surface area (Å²) in [6.45, 7) is 21.5. The van der Waals surface area contributed by atoms with Crippen molar-refractivity contribution in [1.82, 2.24) is 0 Å². The fourth-order valence-electron chi connectivity index (χ4n) is 4.61. The molecule has 4 unspecified atom stereocenters. The van der Waals surface area contributed by atoms with E-state index in [1.807, 2.05) is 0 Å². The monoisotopic (exact) mass is 483 g/mol. The number of hydrogen-bond donors (Lipinski definition) is 0. The Morgan fingerprint density at radius 3 is 1.47 bits per heavy atom. The van der Waals surface area contributed by atoms with E-state index in [0.29, 0.717) is 23.7 Å². The van der Waals surface area contributed by atoms with Crippen LogP contribution in [0.1, 0.15) is 62.3 Å². The van der Waals surface area contributed by atoms with Crippen molar-refractivity contribution >= 4 is 18.6 Å². The van der Waals surface area contributed by atoms with Crippen LogP contribution in [0.3, 0.4) is 0 Å². The minimum absolute atomic E-state index is 0.0240. The van der Waals surface area contributed by atoms with Crippen molar-refractivity contribution in [2.45, 2.75) is 67.9 Å². The van der Waals surface area contributed by atoms with Gasteiger partial charge in [0.05, 0.1) is 0 Å². The SMILES string of the molecule is CC(C)(C)[N-]C[C-]1C2C=CC(C(C)(C)C)=CC2C2C=C(C(C)(C)C)C=CC12.[Cl][Ti][Cl]. The number of fused-ring (bicyclic) bond motifs is 3. The van der Waals surface area contributed by atoms with Gasteiger partial charge in [-0.2, -0.15) is 0 Å². The Kier molecular flexibility index (Phi) is 8.83. The molecular weight excluding hydrogens is 445 g/mol. The molecule has 1 nitrogen and oxygen atoms in total. The summed E-state index contributed by atoms with van der Waals surface area (Å²) in [4.78, 5) is 0. The van der Waals surface area contributed by atoms with E-state index in [0.717, 1.165) is 6.54 Å². The van der Waals surface area contributed by atoms with Crippen molar-refractivity contribution in [1.29, 1.82) is 0 Å². The quantitative estimate of drug-likeness (QED) is 0.275. The summed E-state index contributed by atoms with van der Waals surface area (Å²) in [6.07, 6.45) is 14.9. The molecule has 30 heavy (non-hydrogen) atoms. The van der Waals surface area contributed by atoms with Gasteiger partial charge in [0, 0.05) is 0 Å². The molecule has 3 aliphatic rings. The summed E-state index contributed by atoms with van der Waals surface area (Å²) in [5.74, 6) is 3.80. The van der Waals surface area contributed by atoms with E-state index < -0.39 is 17.0 Å². The van der Waals surface area contributed by atoms with Crippen LogP contribution in [0.2, 0.25) is 0 Å². The van der Waals surface area contributed by atoms with Crippen molar-refractivity contribution in [3.63, 3.8) is 0 Å². The van der Waals surface area contributed by atoms with E-state index in [1.165, 1.54) is 11.1 Å². The van der Waals surface area contributed by atoms with E-state index in [4.69, 9.17) is 23.9 Å². The first-order chi connectivity index (χ1) is 13.7. The molecule has 0 radical (unpaired) electrons. The summed E-state index contributed by atoms with van der Waals surface area (Å²) in [5, 5.41) is 5.01. The average Bonchev–Trinajstić information content (AvgIpc) is 2.91. The molecule has 1 saturated carbocycles. The zero-order valence-electron chi connectivity index (χ0n) is 20.2. The molecule has 3 rings (SSSR count). The van der Waals surface area contributed by atoms with E-state index in [-0.39, 0.29) is 16.4 Å². The van der Waals surface area contributed by atoms with Crippen LogP contribution in [0.15, 0.2) is 47.6 Å². The molecule has 168 valence electrons. The van der Waals surface area contributed by atoms with E-state index in [1.54, 1.807) is 5.92 Å². The maximum absolute atomic E-state index is 5.01. The van der Waals surface area contributed by atoms with Crippen LogP contribution in [0, 0.1) is 40.4 Å². The Bertz CT molecular complexity index is 661. The molecule has 0 N–H and O–H groups in total. The predicted molar refractivity (Wildman–Crippen MR) is 130 cm³/mol. The van der Waals surface area contributed by atoms with Crippen molar-refractivity contribution in [3.8, 4) is 0 Å². The Morgan fingerprint density at radius 1 is 0.800 bits per heavy atom. The molecule has 0 bridgehead atoms. The second-order valence-electron chi connectivity index (χ2n) is 11.8. The van der Waals surface area contributed by atoms with Crippen LogP contribution < -0.4 is 0 Å². The van der Waals surface area contributed by atoms with Gasteiger partial charge in [-0.05, 0) is 33.8 Å². The Balaban J connectivity index is 0.00000101. The first kappa shape index (κ1) is 26.5. The Hall–Kier alpha value is 0.214. The summed E-state index contributed by atoms with van der Waals surface area (Å²) >= 11 is -0.556. The van der Waals surface area contributed by atoms with Crippen LogP contribution in [0.25, 0.3) is 5.32 Å². The summed E-state index contributed by atoms with van der Waals surface area (Å²) < 4.78 is 0. The molecule has 0 aromatic carbocycles. The summed E-state index contributed by atoms with van der Waals surface area (Å²) in [5.41, 5.74) is 3.40. The van der Waals surface area contributed by atoms with E-state index in [2.05, 4.69) is 98.8 Å². The van der Waals surface area contributed by atoms with Gasteiger partial charge in [0.1, 0.15) is 0 Å². The zero-order chi connectivity index (χ0) is 22.9. The predicted octanol–water partition coefficient (Wildman–Crippen LogP) is 8.67. The number of allylic oxidation sites excluding steroid dienone is 8. The maximum atomic E-state index is 5.01. The topological polar surface area (TPSA) is 14.1 Å². The second kappa shape index (κ2) is 10.0. The first-order valence-corrected chi connectivity index (χ1v) is 15.3. The number of hydrogen-bond acceptors (Lipinski definition) is 0. The van der Waals surface area contributed by atoms with Crippen LogP contribution in [0.4, 0.5) is 0 Å². The molecule has 0 aromatic heterocycles. The van der Waals surface area contributed by atoms with Crippen molar-refractivity contribution in [2.24, 2.45) is 34.5 Å². The van der Waals surface area contributed by atoms with Gasteiger partial charge in [-0.3, -0.25) is 6.54 Å². The molecule has 0 spiro atoms. The Morgan fingerprint density at radius 2 is 1.17 bits per heavy atom. The van der Waals surface area contributed by atoms with Crippen molar-refractivity contribution in [2.75, 3.05) is 6.54 Å². The molecule has 1 fully saturated rings. The van der Waals surface area contributed by atoms with Crippen LogP contribution in [-0.4, -0.2) is 12.1 Å². The standard InChI is InChI=1S/C26H39N.2ClH.Ti/c1-24(2,3)17-10-12-19-21(14-17)22-15-18(25(4,5)6)11-13-20(22)23(19)16-27-26(7,8)9;;;/h10-15,19-22H,16H2,1-9H3;2*1H;/q-2;;;+2/p-2. The third-order valence-corrected chi connectivity index (χ3v) is 6.31. The number of halogens is 2. The fourth-order valence-corrected chi connectivity index (χ4v) is 4.61. The number of rotatable bonds is 2. The molecule has 0 saturated heterocycles. The zero-order valence-corrected chi connectivity index (χ0v) is 23.3. The molecule has 0 aliphatic heterocycles. The molecule has 0 aromatic rings. The summed E-state index contributed by atoms with van der Waals surface area (Å²) in [7, 11) is 9.78. The number of nitrogens with zero attached hydrogens (tertiary/aromatic N) is 1. The second-order valence-corrected chi connectivity index (χ2v) is 14.4. The van der Waals surface area contributed by atoms with Crippen molar-refractivity contribution < 1.29 is 17.0 Å². The Labute approximate surface area is 202 Å². The third-order valence-electron chi connectivity index (χ3n) is 6.31. The van der Waals surface area contributed by atoms with E-state index in [9.17, 15) is 0 Å². The van der Waals surface area contributed by atoms with Gasteiger partial charge in [-0.25, -0.2) is 0 Å². The van der Waals surface area contributed by atoms with Crippen LogP contribution in [0.5, 0.6) is 0 Å². The molecule has 3 aliphatic carbocycles. The molecule has 4 heteroatoms. The third kappa shape index (κ3) is 6.61. The van der Waals surface area contributed by atoms with Gasteiger partial charge in [0.2, 0.25) is 0 Å². The van der Waals surface area contributed by atoms with Gasteiger partial charge in [-0.1, -0.05) is 86.6 Å². The normalized spacial score (nSPS) is 28.8. The molecular formula is C26H39Cl2NTi-2. The van der Waals surface area contributed by atoms with Gasteiger partial charge < -0.3 is 11.2 Å². The minimum atomic E-state index is -0.556. The molecule has 0 heterocycles. The fraction of sp³-hybridized carbons (Fsp3) is 0.654. The van der Waals surface area contributed by atoms with Gasteiger partial charge in [0.15, 0.2) is 0 Å². The summed E-state index contributed by atoms with van der Waals surface area (Å²) in [6, 6.07) is 0. The molecule has 4 atom stereocenters.